The Morgan fingerprint density at radius 1 is 1.10 bits per heavy atom. The van der Waals surface area contributed by atoms with Crippen LogP contribution < -0.4 is 16.4 Å². The van der Waals surface area contributed by atoms with Crippen molar-refractivity contribution < 1.29 is 4.79 Å². The van der Waals surface area contributed by atoms with E-state index in [1.807, 2.05) is 24.3 Å². The lowest BCUT2D eigenvalue weighted by Crippen LogP contribution is -2.11. The van der Waals surface area contributed by atoms with Crippen LogP contribution in [0.5, 0.6) is 0 Å². The van der Waals surface area contributed by atoms with Crippen LogP contribution in [0.4, 0.5) is 11.6 Å². The second-order valence-electron chi connectivity index (χ2n) is 6.90. The highest BCUT2D eigenvalue weighted by molar-refractivity contribution is 6.07. The summed E-state index contributed by atoms with van der Waals surface area (Å²) in [7, 11) is 0. The van der Waals surface area contributed by atoms with Gasteiger partial charge in [-0.25, -0.2) is 9.97 Å². The summed E-state index contributed by atoms with van der Waals surface area (Å²) in [4.78, 5) is 21.2. The number of para-hydroxylation sites is 1. The lowest BCUT2D eigenvalue weighted by Gasteiger charge is -2.11. The Kier molecular flexibility index (Phi) is 4.09. The molecule has 2 aromatic carbocycles. The van der Waals surface area contributed by atoms with Gasteiger partial charge in [-0.1, -0.05) is 42.5 Å². The molecule has 5 rings (SSSR count). The molecule has 0 saturated carbocycles. The van der Waals surface area contributed by atoms with Gasteiger partial charge in [-0.15, -0.1) is 0 Å². The van der Waals surface area contributed by atoms with E-state index in [2.05, 4.69) is 37.9 Å². The van der Waals surface area contributed by atoms with Gasteiger partial charge in [-0.2, -0.15) is 5.10 Å². The zero-order valence-corrected chi connectivity index (χ0v) is 15.6. The smallest absolute Gasteiger partial charge is 0.250 e. The van der Waals surface area contributed by atoms with Gasteiger partial charge in [-0.05, 0) is 18.1 Å². The Bertz CT molecular complexity index is 1220. The van der Waals surface area contributed by atoms with E-state index < -0.39 is 5.91 Å². The Balaban J connectivity index is 1.57. The van der Waals surface area contributed by atoms with Crippen LogP contribution >= 0.6 is 0 Å². The van der Waals surface area contributed by atoms with Crippen LogP contribution in [0.2, 0.25) is 0 Å². The lowest BCUT2D eigenvalue weighted by molar-refractivity contribution is 0.100. The minimum Gasteiger partial charge on any atom is -0.369 e. The van der Waals surface area contributed by atoms with Gasteiger partial charge in [0.1, 0.15) is 17.3 Å². The maximum atomic E-state index is 11.7. The summed E-state index contributed by atoms with van der Waals surface area (Å²) in [5.41, 5.74) is 9.29. The molecule has 8 nitrogen and oxygen atoms in total. The van der Waals surface area contributed by atoms with E-state index in [0.29, 0.717) is 29.1 Å². The van der Waals surface area contributed by atoms with Crippen LogP contribution in [0.15, 0.2) is 48.5 Å². The molecule has 29 heavy (non-hydrogen) atoms. The van der Waals surface area contributed by atoms with Gasteiger partial charge in [-0.3, -0.25) is 9.89 Å². The maximum Gasteiger partial charge on any atom is 0.250 e. The molecule has 4 aromatic rings. The number of primary amides is 1. The third-order valence-corrected chi connectivity index (χ3v) is 5.05. The number of carbonyl (C=O) groups is 1. The molecule has 0 radical (unpaired) electrons. The summed E-state index contributed by atoms with van der Waals surface area (Å²) < 4.78 is 0. The molecule has 0 spiro atoms. The van der Waals surface area contributed by atoms with E-state index in [9.17, 15) is 4.79 Å². The highest BCUT2D eigenvalue weighted by atomic mass is 16.1. The molecule has 0 aliphatic carbocycles. The summed E-state index contributed by atoms with van der Waals surface area (Å²) in [5, 5.41) is 14.8. The number of rotatable bonds is 5. The van der Waals surface area contributed by atoms with Crippen molar-refractivity contribution in [1.29, 1.82) is 0 Å². The normalized spacial score (nSPS) is 12.6. The van der Waals surface area contributed by atoms with E-state index in [1.165, 1.54) is 5.56 Å². The number of hydrogen-bond donors (Lipinski definition) is 4. The second kappa shape index (κ2) is 6.90. The first kappa shape index (κ1) is 17.2. The predicted molar refractivity (Wildman–Crippen MR) is 112 cm³/mol. The Morgan fingerprint density at radius 2 is 1.97 bits per heavy atom. The monoisotopic (exact) mass is 385 g/mol. The van der Waals surface area contributed by atoms with Crippen molar-refractivity contribution >= 4 is 28.4 Å². The van der Waals surface area contributed by atoms with Crippen LogP contribution in [0.1, 0.15) is 21.5 Å². The van der Waals surface area contributed by atoms with Gasteiger partial charge in [0.15, 0.2) is 5.82 Å². The summed E-state index contributed by atoms with van der Waals surface area (Å²) in [6, 6.07) is 15.5. The quantitative estimate of drug-likeness (QED) is 0.419. The topological polar surface area (TPSA) is 122 Å². The zero-order valence-electron chi connectivity index (χ0n) is 15.6. The fourth-order valence-electron chi connectivity index (χ4n) is 3.62. The summed E-state index contributed by atoms with van der Waals surface area (Å²) >= 11 is 0. The third-order valence-electron chi connectivity index (χ3n) is 5.05. The predicted octanol–water partition coefficient (Wildman–Crippen LogP) is 2.70. The molecule has 0 atom stereocenters. The van der Waals surface area contributed by atoms with E-state index in [0.717, 1.165) is 35.6 Å². The molecule has 0 fully saturated rings. The molecule has 0 bridgehead atoms. The van der Waals surface area contributed by atoms with E-state index >= 15 is 0 Å². The van der Waals surface area contributed by atoms with Gasteiger partial charge in [0.25, 0.3) is 5.91 Å². The SMILES string of the molecule is NC(=O)c1cccc2c(-c3nc4c(c(NCc5ccccc5)n3)CCN4)n[nH]c12. The Morgan fingerprint density at radius 3 is 2.79 bits per heavy atom. The average molecular weight is 385 g/mol. The van der Waals surface area contributed by atoms with Crippen LogP contribution in [-0.2, 0) is 13.0 Å². The average Bonchev–Trinajstić information content (AvgIpc) is 3.39. The van der Waals surface area contributed by atoms with Crippen LogP contribution in [0, 0.1) is 0 Å². The van der Waals surface area contributed by atoms with Crippen molar-refractivity contribution in [3.8, 4) is 11.5 Å². The number of benzene rings is 2. The van der Waals surface area contributed by atoms with Gasteiger partial charge in [0.2, 0.25) is 0 Å². The van der Waals surface area contributed by atoms with Gasteiger partial charge >= 0.3 is 0 Å². The Labute approximate surface area is 166 Å². The fourth-order valence-corrected chi connectivity index (χ4v) is 3.62. The minimum absolute atomic E-state index is 0.392. The number of nitrogens with one attached hydrogen (secondary N) is 3. The summed E-state index contributed by atoms with van der Waals surface area (Å²) in [6.45, 7) is 1.48. The largest absolute Gasteiger partial charge is 0.369 e. The first-order chi connectivity index (χ1) is 14.2. The van der Waals surface area contributed by atoms with Crippen molar-refractivity contribution in [1.82, 2.24) is 20.2 Å². The molecule has 2 aromatic heterocycles. The van der Waals surface area contributed by atoms with E-state index in [-0.39, 0.29) is 0 Å². The van der Waals surface area contributed by atoms with Gasteiger partial charge in [0.05, 0.1) is 11.1 Å². The first-order valence-corrected chi connectivity index (χ1v) is 9.40. The molecule has 5 N–H and O–H groups in total. The van der Waals surface area contributed by atoms with Crippen LogP contribution in [0.3, 0.4) is 0 Å². The van der Waals surface area contributed by atoms with Crippen molar-refractivity contribution in [2.75, 3.05) is 17.2 Å². The van der Waals surface area contributed by atoms with Gasteiger partial charge in [0, 0.05) is 24.0 Å². The molecule has 144 valence electrons. The number of amides is 1. The van der Waals surface area contributed by atoms with Crippen LogP contribution in [-0.4, -0.2) is 32.6 Å². The maximum absolute atomic E-state index is 11.7. The number of nitrogens with zero attached hydrogens (tertiary/aromatic N) is 3. The van der Waals surface area contributed by atoms with Gasteiger partial charge < -0.3 is 16.4 Å². The first-order valence-electron chi connectivity index (χ1n) is 9.40. The number of anilines is 2. The molecule has 1 aliphatic rings. The number of aromatic nitrogens is 4. The third kappa shape index (κ3) is 3.04. The molecule has 1 aliphatic heterocycles. The standard InChI is InChI=1S/C21H19N7O/c22-18(29)14-8-4-7-13-16(14)27-28-17(13)21-25-19-15(9-10-23-19)20(26-21)24-11-12-5-2-1-3-6-12/h1-8H,9-11H2,(H2,22,29)(H,27,28)(H2,23,24,25,26). The fraction of sp³-hybridized carbons (Fsp3) is 0.143. The van der Waals surface area contributed by atoms with Crippen molar-refractivity contribution in [3.63, 3.8) is 0 Å². The molecule has 3 heterocycles. The van der Waals surface area contributed by atoms with Crippen molar-refractivity contribution in [2.24, 2.45) is 5.73 Å². The molecule has 1 amide bonds. The Hall–Kier alpha value is -3.94. The molecular weight excluding hydrogens is 366 g/mol. The second-order valence-corrected chi connectivity index (χ2v) is 6.90. The number of carbonyl (C=O) groups excluding carboxylic acids is 1. The number of H-pyrrole nitrogens is 1. The number of nitrogens with two attached hydrogens (primary N) is 1. The van der Waals surface area contributed by atoms with Crippen molar-refractivity contribution in [2.45, 2.75) is 13.0 Å². The molecule has 8 heteroatoms. The summed E-state index contributed by atoms with van der Waals surface area (Å²) in [6.07, 6.45) is 0.861. The van der Waals surface area contributed by atoms with Crippen molar-refractivity contribution in [3.05, 3.63) is 65.2 Å². The zero-order chi connectivity index (χ0) is 19.8. The highest BCUT2D eigenvalue weighted by Gasteiger charge is 2.22. The molecule has 0 unspecified atom stereocenters. The minimum atomic E-state index is -0.507. The highest BCUT2D eigenvalue weighted by Crippen LogP contribution is 2.32. The molecular formula is C21H19N7O. The van der Waals surface area contributed by atoms with E-state index in [4.69, 9.17) is 10.7 Å². The van der Waals surface area contributed by atoms with E-state index in [1.54, 1.807) is 12.1 Å². The van der Waals surface area contributed by atoms with Crippen LogP contribution in [0.25, 0.3) is 22.4 Å². The number of hydrogen-bond acceptors (Lipinski definition) is 6. The molecule has 0 saturated heterocycles. The lowest BCUT2D eigenvalue weighted by atomic mass is 10.1. The number of fused-ring (bicyclic) bond motifs is 2. The number of aromatic amines is 1. The summed E-state index contributed by atoms with van der Waals surface area (Å²) in [5.74, 6) is 1.59.